The number of aryl methyl sites for hydroxylation is 1. The van der Waals surface area contributed by atoms with Crippen LogP contribution in [-0.4, -0.2) is 30.5 Å². The Labute approximate surface area is 214 Å². The number of aliphatic hydroxyl groups is 1. The highest BCUT2D eigenvalue weighted by molar-refractivity contribution is 9.10. The van der Waals surface area contributed by atoms with Crippen LogP contribution in [0.4, 0.5) is 14.5 Å². The molecule has 0 radical (unpaired) electrons. The van der Waals surface area contributed by atoms with Gasteiger partial charge in [-0.05, 0) is 61.4 Å². The molecule has 1 saturated heterocycles. The number of rotatable bonds is 6. The van der Waals surface area contributed by atoms with Crippen molar-refractivity contribution in [3.63, 3.8) is 0 Å². The molecule has 6 nitrogen and oxygen atoms in total. The van der Waals surface area contributed by atoms with E-state index in [-0.39, 0.29) is 11.3 Å². The number of ketones is 1. The van der Waals surface area contributed by atoms with Crippen LogP contribution in [0, 0.1) is 18.6 Å². The fourth-order valence-electron chi connectivity index (χ4n) is 4.15. The Morgan fingerprint density at radius 1 is 1.06 bits per heavy atom. The van der Waals surface area contributed by atoms with Crippen LogP contribution in [0.2, 0.25) is 0 Å². The standard InChI is InChI=1S/C27H22BrF2NO5/c1-4-36-22-12-15(6-10-21(22)35-3)24-23(25(32)16-5-8-18(28)14(2)11-16)26(33)27(34)31(24)20-9-7-17(29)13-19(20)30/h5-13,24,32H,4H2,1-3H3/b25-23+. The van der Waals surface area contributed by atoms with E-state index in [1.165, 1.54) is 7.11 Å². The van der Waals surface area contributed by atoms with Crippen LogP contribution >= 0.6 is 15.9 Å². The summed E-state index contributed by atoms with van der Waals surface area (Å²) in [6.45, 7) is 3.90. The summed E-state index contributed by atoms with van der Waals surface area (Å²) in [6, 6.07) is 11.2. The molecular formula is C27H22BrF2NO5. The highest BCUT2D eigenvalue weighted by Crippen LogP contribution is 2.45. The number of methoxy groups -OCH3 is 1. The molecule has 1 unspecified atom stereocenters. The minimum Gasteiger partial charge on any atom is -0.507 e. The van der Waals surface area contributed by atoms with Gasteiger partial charge in [-0.2, -0.15) is 0 Å². The Morgan fingerprint density at radius 3 is 2.44 bits per heavy atom. The summed E-state index contributed by atoms with van der Waals surface area (Å²) in [6.07, 6.45) is 0. The van der Waals surface area contributed by atoms with Crippen molar-refractivity contribution >= 4 is 39.1 Å². The third kappa shape index (κ3) is 4.46. The van der Waals surface area contributed by atoms with Crippen LogP contribution in [0.1, 0.15) is 29.7 Å². The van der Waals surface area contributed by atoms with Crippen LogP contribution in [0.5, 0.6) is 11.5 Å². The maximum absolute atomic E-state index is 14.9. The summed E-state index contributed by atoms with van der Waals surface area (Å²) < 4.78 is 40.3. The maximum atomic E-state index is 14.9. The van der Waals surface area contributed by atoms with Crippen molar-refractivity contribution in [3.8, 4) is 11.5 Å². The quantitative estimate of drug-likeness (QED) is 0.226. The number of ether oxygens (including phenoxy) is 2. The average Bonchev–Trinajstić information content (AvgIpc) is 3.11. The van der Waals surface area contributed by atoms with Gasteiger partial charge in [0.25, 0.3) is 11.7 Å². The molecule has 1 fully saturated rings. The third-order valence-electron chi connectivity index (χ3n) is 5.85. The van der Waals surface area contributed by atoms with Crippen LogP contribution in [0.25, 0.3) is 5.76 Å². The summed E-state index contributed by atoms with van der Waals surface area (Å²) in [5.74, 6) is -3.60. The van der Waals surface area contributed by atoms with Gasteiger partial charge in [0.05, 0.1) is 31.0 Å². The number of benzene rings is 3. The molecule has 1 heterocycles. The molecule has 0 bridgehead atoms. The number of aliphatic hydroxyl groups excluding tert-OH is 1. The number of anilines is 1. The Morgan fingerprint density at radius 2 is 1.81 bits per heavy atom. The highest BCUT2D eigenvalue weighted by Gasteiger charge is 2.48. The van der Waals surface area contributed by atoms with E-state index in [1.54, 1.807) is 43.3 Å². The van der Waals surface area contributed by atoms with E-state index in [0.29, 0.717) is 35.3 Å². The summed E-state index contributed by atoms with van der Waals surface area (Å²) in [5, 5.41) is 11.3. The monoisotopic (exact) mass is 557 g/mol. The van der Waals surface area contributed by atoms with Gasteiger partial charge in [0.2, 0.25) is 0 Å². The topological polar surface area (TPSA) is 76.1 Å². The molecule has 36 heavy (non-hydrogen) atoms. The SMILES string of the molecule is CCOc1cc(C2/C(=C(\O)c3ccc(Br)c(C)c3)C(=O)C(=O)N2c2ccc(F)cc2F)ccc1OC. The number of carbonyl (C=O) groups excluding carboxylic acids is 2. The van der Waals surface area contributed by atoms with Gasteiger partial charge in [0.1, 0.15) is 17.4 Å². The molecule has 186 valence electrons. The molecule has 0 aromatic heterocycles. The minimum atomic E-state index is -1.22. The van der Waals surface area contributed by atoms with Crippen LogP contribution in [0.3, 0.4) is 0 Å². The smallest absolute Gasteiger partial charge is 0.300 e. The Bertz CT molecular complexity index is 1400. The first-order valence-corrected chi connectivity index (χ1v) is 11.8. The zero-order valence-corrected chi connectivity index (χ0v) is 21.2. The number of hydrogen-bond acceptors (Lipinski definition) is 5. The number of hydrogen-bond donors (Lipinski definition) is 1. The van der Waals surface area contributed by atoms with Crippen LogP contribution in [0.15, 0.2) is 64.6 Å². The van der Waals surface area contributed by atoms with Gasteiger partial charge >= 0.3 is 0 Å². The minimum absolute atomic E-state index is 0.238. The van der Waals surface area contributed by atoms with E-state index < -0.39 is 35.1 Å². The van der Waals surface area contributed by atoms with Crippen molar-refractivity contribution in [2.75, 3.05) is 18.6 Å². The number of Topliss-reactive ketones (excluding diaryl/α,β-unsaturated/α-hetero) is 1. The Hall–Kier alpha value is -3.72. The van der Waals surface area contributed by atoms with Crippen molar-refractivity contribution in [2.45, 2.75) is 19.9 Å². The summed E-state index contributed by atoms with van der Waals surface area (Å²) in [7, 11) is 1.47. The zero-order valence-electron chi connectivity index (χ0n) is 19.6. The Balaban J connectivity index is 1.99. The molecule has 0 spiro atoms. The van der Waals surface area contributed by atoms with Crippen molar-refractivity contribution in [1.82, 2.24) is 0 Å². The second-order valence-electron chi connectivity index (χ2n) is 8.07. The van der Waals surface area contributed by atoms with Gasteiger partial charge in [0.15, 0.2) is 11.5 Å². The normalized spacial score (nSPS) is 16.9. The highest BCUT2D eigenvalue weighted by atomic mass is 79.9. The molecule has 1 aliphatic rings. The van der Waals surface area contributed by atoms with Gasteiger partial charge in [0, 0.05) is 16.1 Å². The first kappa shape index (κ1) is 25.4. The lowest BCUT2D eigenvalue weighted by atomic mass is 9.94. The lowest BCUT2D eigenvalue weighted by Gasteiger charge is -2.26. The van der Waals surface area contributed by atoms with Crippen molar-refractivity contribution in [2.24, 2.45) is 0 Å². The van der Waals surface area contributed by atoms with E-state index in [9.17, 15) is 23.5 Å². The molecule has 9 heteroatoms. The molecule has 0 saturated carbocycles. The zero-order chi connectivity index (χ0) is 26.1. The number of nitrogens with zero attached hydrogens (tertiary/aromatic N) is 1. The van der Waals surface area contributed by atoms with Gasteiger partial charge in [-0.15, -0.1) is 0 Å². The van der Waals surface area contributed by atoms with Crippen molar-refractivity contribution in [1.29, 1.82) is 0 Å². The van der Waals surface area contributed by atoms with Gasteiger partial charge < -0.3 is 14.6 Å². The molecule has 1 amide bonds. The molecule has 1 N–H and O–H groups in total. The summed E-state index contributed by atoms with van der Waals surface area (Å²) >= 11 is 3.40. The largest absolute Gasteiger partial charge is 0.507 e. The summed E-state index contributed by atoms with van der Waals surface area (Å²) in [5.41, 5.74) is 0.910. The second kappa shape index (κ2) is 10.1. The second-order valence-corrected chi connectivity index (χ2v) is 8.93. The lowest BCUT2D eigenvalue weighted by molar-refractivity contribution is -0.132. The van der Waals surface area contributed by atoms with E-state index >= 15 is 0 Å². The number of amides is 1. The molecule has 0 aliphatic carbocycles. The average molecular weight is 558 g/mol. The fourth-order valence-corrected chi connectivity index (χ4v) is 4.40. The van der Waals surface area contributed by atoms with Gasteiger partial charge in [-0.25, -0.2) is 8.78 Å². The number of halogens is 3. The van der Waals surface area contributed by atoms with Gasteiger partial charge in [-0.3, -0.25) is 14.5 Å². The molecular weight excluding hydrogens is 536 g/mol. The first-order chi connectivity index (χ1) is 17.2. The first-order valence-electron chi connectivity index (χ1n) is 11.0. The van der Waals surface area contributed by atoms with Gasteiger partial charge in [-0.1, -0.05) is 28.1 Å². The fraction of sp³-hybridized carbons (Fsp3) is 0.185. The van der Waals surface area contributed by atoms with E-state index in [4.69, 9.17) is 9.47 Å². The maximum Gasteiger partial charge on any atom is 0.300 e. The van der Waals surface area contributed by atoms with E-state index in [2.05, 4.69) is 15.9 Å². The molecule has 4 rings (SSSR count). The predicted octanol–water partition coefficient (Wildman–Crippen LogP) is 6.07. The molecule has 3 aromatic carbocycles. The van der Waals surface area contributed by atoms with Crippen LogP contribution in [-0.2, 0) is 9.59 Å². The van der Waals surface area contributed by atoms with Crippen molar-refractivity contribution in [3.05, 3.63) is 93.0 Å². The van der Waals surface area contributed by atoms with Crippen molar-refractivity contribution < 1.29 is 33.0 Å². The molecule has 1 atom stereocenters. The lowest BCUT2D eigenvalue weighted by Crippen LogP contribution is -2.30. The van der Waals surface area contributed by atoms with E-state index in [1.807, 2.05) is 6.92 Å². The van der Waals surface area contributed by atoms with E-state index in [0.717, 1.165) is 27.1 Å². The molecule has 3 aromatic rings. The molecule has 1 aliphatic heterocycles. The third-order valence-corrected chi connectivity index (χ3v) is 6.74. The van der Waals surface area contributed by atoms with Crippen LogP contribution < -0.4 is 14.4 Å². The Kier molecular flexibility index (Phi) is 7.12. The summed E-state index contributed by atoms with van der Waals surface area (Å²) in [4.78, 5) is 27.4. The predicted molar refractivity (Wildman–Crippen MR) is 134 cm³/mol. The number of carbonyl (C=O) groups is 2.